The first kappa shape index (κ1) is 19.1. The van der Waals surface area contributed by atoms with Crippen molar-refractivity contribution in [2.75, 3.05) is 19.0 Å². The molecule has 1 aromatic heterocycles. The highest BCUT2D eigenvalue weighted by Gasteiger charge is 2.25. The number of anilines is 1. The Morgan fingerprint density at radius 3 is 2.54 bits per heavy atom. The molecule has 0 bridgehead atoms. The van der Waals surface area contributed by atoms with Gasteiger partial charge in [-0.05, 0) is 31.0 Å². The first-order valence-electron chi connectivity index (χ1n) is 8.13. The van der Waals surface area contributed by atoms with Crippen LogP contribution in [-0.4, -0.2) is 25.6 Å². The molecule has 0 atom stereocenters. The van der Waals surface area contributed by atoms with E-state index in [1.54, 1.807) is 12.1 Å². The van der Waals surface area contributed by atoms with Gasteiger partial charge in [0, 0.05) is 0 Å². The number of ether oxygens (including phenoxy) is 2. The summed E-state index contributed by atoms with van der Waals surface area (Å²) in [6, 6.07) is 9.34. The van der Waals surface area contributed by atoms with Crippen LogP contribution in [0.5, 0.6) is 5.75 Å². The summed E-state index contributed by atoms with van der Waals surface area (Å²) in [7, 11) is 1.20. The number of esters is 1. The zero-order valence-electron chi connectivity index (χ0n) is 14.9. The SMILES string of the molecule is CCCc1ccc(OCC(=O)Nc2oc(C)c(C(=O)OC)c2C#N)cc1. The molecule has 136 valence electrons. The molecular formula is C19H20N2O5. The highest BCUT2D eigenvalue weighted by atomic mass is 16.5. The third kappa shape index (κ3) is 4.42. The Balaban J connectivity index is 2.02. The monoisotopic (exact) mass is 356 g/mol. The van der Waals surface area contributed by atoms with E-state index in [0.717, 1.165) is 12.8 Å². The number of nitrogens with zero attached hydrogens (tertiary/aromatic N) is 1. The van der Waals surface area contributed by atoms with Gasteiger partial charge in [-0.1, -0.05) is 25.5 Å². The fraction of sp³-hybridized carbons (Fsp3) is 0.316. The fourth-order valence-corrected chi connectivity index (χ4v) is 2.44. The molecule has 7 heteroatoms. The van der Waals surface area contributed by atoms with Crippen LogP contribution < -0.4 is 10.1 Å². The maximum absolute atomic E-state index is 12.1. The minimum absolute atomic E-state index is 0.00210. The van der Waals surface area contributed by atoms with E-state index in [2.05, 4.69) is 17.0 Å². The van der Waals surface area contributed by atoms with Crippen LogP contribution in [0.3, 0.4) is 0 Å². The third-order valence-electron chi connectivity index (χ3n) is 3.67. The van der Waals surface area contributed by atoms with Gasteiger partial charge in [0.25, 0.3) is 5.91 Å². The van der Waals surface area contributed by atoms with E-state index < -0.39 is 11.9 Å². The van der Waals surface area contributed by atoms with Gasteiger partial charge >= 0.3 is 5.97 Å². The van der Waals surface area contributed by atoms with Crippen molar-refractivity contribution in [2.45, 2.75) is 26.7 Å². The lowest BCUT2D eigenvalue weighted by Crippen LogP contribution is -2.20. The van der Waals surface area contributed by atoms with Crippen molar-refractivity contribution in [2.24, 2.45) is 0 Å². The van der Waals surface area contributed by atoms with Crippen molar-refractivity contribution in [3.05, 3.63) is 46.7 Å². The van der Waals surface area contributed by atoms with E-state index >= 15 is 0 Å². The molecule has 2 aromatic rings. The first-order chi connectivity index (χ1) is 12.5. The first-order valence-corrected chi connectivity index (χ1v) is 8.13. The standard InChI is InChI=1S/C19H20N2O5/c1-4-5-13-6-8-14(9-7-13)25-11-16(22)21-18-15(10-20)17(12(2)26-18)19(23)24-3/h6-9H,4-5,11H2,1-3H3,(H,21,22). The highest BCUT2D eigenvalue weighted by Crippen LogP contribution is 2.27. The largest absolute Gasteiger partial charge is 0.484 e. The summed E-state index contributed by atoms with van der Waals surface area (Å²) in [6.45, 7) is 3.36. The predicted molar refractivity (Wildman–Crippen MR) is 94.1 cm³/mol. The van der Waals surface area contributed by atoms with Crippen molar-refractivity contribution in [3.8, 4) is 11.8 Å². The highest BCUT2D eigenvalue weighted by molar-refractivity contribution is 5.98. The van der Waals surface area contributed by atoms with E-state index in [9.17, 15) is 14.9 Å². The minimum Gasteiger partial charge on any atom is -0.484 e. The van der Waals surface area contributed by atoms with Gasteiger partial charge in [-0.25, -0.2) is 4.79 Å². The number of nitrogens with one attached hydrogen (secondary N) is 1. The molecule has 2 rings (SSSR count). The second-order valence-corrected chi connectivity index (χ2v) is 5.57. The molecule has 0 aliphatic carbocycles. The lowest BCUT2D eigenvalue weighted by atomic mass is 10.1. The summed E-state index contributed by atoms with van der Waals surface area (Å²) in [4.78, 5) is 23.8. The number of amides is 1. The molecule has 1 amide bonds. The Bertz CT molecular complexity index is 831. The summed E-state index contributed by atoms with van der Waals surface area (Å²) in [6.07, 6.45) is 2.04. The Morgan fingerprint density at radius 1 is 1.27 bits per heavy atom. The number of carbonyl (C=O) groups is 2. The molecule has 1 heterocycles. The Labute approximate surface area is 151 Å². The summed E-state index contributed by atoms with van der Waals surface area (Å²) >= 11 is 0. The van der Waals surface area contributed by atoms with Crippen molar-refractivity contribution in [3.63, 3.8) is 0 Å². The van der Waals surface area contributed by atoms with Crippen LogP contribution in [-0.2, 0) is 16.0 Å². The average molecular weight is 356 g/mol. The molecule has 0 aliphatic heterocycles. The Morgan fingerprint density at radius 2 is 1.96 bits per heavy atom. The topological polar surface area (TPSA) is 102 Å². The lowest BCUT2D eigenvalue weighted by molar-refractivity contribution is -0.118. The quantitative estimate of drug-likeness (QED) is 0.764. The molecule has 7 nitrogen and oxygen atoms in total. The van der Waals surface area contributed by atoms with Crippen LogP contribution in [0.1, 0.15) is 40.6 Å². The van der Waals surface area contributed by atoms with Crippen LogP contribution in [0, 0.1) is 18.3 Å². The number of hydrogen-bond donors (Lipinski definition) is 1. The molecule has 0 fully saturated rings. The van der Waals surface area contributed by atoms with Crippen molar-refractivity contribution < 1.29 is 23.5 Å². The van der Waals surface area contributed by atoms with Crippen LogP contribution in [0.25, 0.3) is 0 Å². The second-order valence-electron chi connectivity index (χ2n) is 5.57. The Kier molecular flexibility index (Phi) is 6.39. The zero-order valence-corrected chi connectivity index (χ0v) is 14.9. The molecule has 0 saturated heterocycles. The maximum atomic E-state index is 12.1. The summed E-state index contributed by atoms with van der Waals surface area (Å²) in [5, 5.41) is 11.7. The van der Waals surface area contributed by atoms with E-state index in [1.165, 1.54) is 19.6 Å². The van der Waals surface area contributed by atoms with Gasteiger partial charge in [-0.3, -0.25) is 10.1 Å². The summed E-state index contributed by atoms with van der Waals surface area (Å²) < 4.78 is 15.4. The van der Waals surface area contributed by atoms with Crippen molar-refractivity contribution in [1.29, 1.82) is 5.26 Å². The molecule has 0 radical (unpaired) electrons. The molecule has 0 spiro atoms. The average Bonchev–Trinajstić information content (AvgIpc) is 2.95. The molecule has 0 saturated carbocycles. The van der Waals surface area contributed by atoms with Crippen LogP contribution >= 0.6 is 0 Å². The summed E-state index contributed by atoms with van der Waals surface area (Å²) in [5.74, 6) is -0.559. The van der Waals surface area contributed by atoms with Gasteiger partial charge in [-0.2, -0.15) is 5.26 Å². The molecule has 1 N–H and O–H groups in total. The zero-order chi connectivity index (χ0) is 19.1. The van der Waals surface area contributed by atoms with Gasteiger partial charge in [-0.15, -0.1) is 0 Å². The van der Waals surface area contributed by atoms with E-state index in [4.69, 9.17) is 9.15 Å². The number of carbonyl (C=O) groups excluding carboxylic acids is 2. The van der Waals surface area contributed by atoms with E-state index in [-0.39, 0.29) is 29.4 Å². The maximum Gasteiger partial charge on any atom is 0.342 e. The Hall–Kier alpha value is -3.27. The van der Waals surface area contributed by atoms with Gasteiger partial charge < -0.3 is 13.9 Å². The number of furan rings is 1. The van der Waals surface area contributed by atoms with E-state index in [1.807, 2.05) is 18.2 Å². The molecule has 0 aliphatic rings. The van der Waals surface area contributed by atoms with Gasteiger partial charge in [0.15, 0.2) is 6.61 Å². The molecule has 1 aromatic carbocycles. The molecule has 0 unspecified atom stereocenters. The number of nitriles is 1. The smallest absolute Gasteiger partial charge is 0.342 e. The second kappa shape index (κ2) is 8.72. The number of aryl methyl sites for hydroxylation is 2. The van der Waals surface area contributed by atoms with Gasteiger partial charge in [0.1, 0.15) is 28.7 Å². The fourth-order valence-electron chi connectivity index (χ4n) is 2.44. The van der Waals surface area contributed by atoms with Crippen LogP contribution in [0.15, 0.2) is 28.7 Å². The van der Waals surface area contributed by atoms with Gasteiger partial charge in [0.2, 0.25) is 5.88 Å². The van der Waals surface area contributed by atoms with Crippen molar-refractivity contribution >= 4 is 17.8 Å². The molecular weight excluding hydrogens is 336 g/mol. The number of rotatable bonds is 7. The number of methoxy groups -OCH3 is 1. The molecule has 26 heavy (non-hydrogen) atoms. The van der Waals surface area contributed by atoms with Crippen molar-refractivity contribution in [1.82, 2.24) is 0 Å². The third-order valence-corrected chi connectivity index (χ3v) is 3.67. The minimum atomic E-state index is -0.702. The normalized spacial score (nSPS) is 10.1. The van der Waals surface area contributed by atoms with Gasteiger partial charge in [0.05, 0.1) is 7.11 Å². The number of benzene rings is 1. The predicted octanol–water partition coefficient (Wildman–Crippen LogP) is 3.22. The van der Waals surface area contributed by atoms with Crippen LogP contribution in [0.2, 0.25) is 0 Å². The van der Waals surface area contributed by atoms with E-state index in [0.29, 0.717) is 5.75 Å². The summed E-state index contributed by atoms with van der Waals surface area (Å²) in [5.41, 5.74) is 1.12. The van der Waals surface area contributed by atoms with Crippen LogP contribution in [0.4, 0.5) is 5.88 Å². The number of hydrogen-bond acceptors (Lipinski definition) is 6. The lowest BCUT2D eigenvalue weighted by Gasteiger charge is -2.07.